The Balaban J connectivity index is 1.56. The number of aryl methyl sites for hydroxylation is 1. The van der Waals surface area contributed by atoms with Crippen LogP contribution in [0.2, 0.25) is 0 Å². The van der Waals surface area contributed by atoms with Crippen molar-refractivity contribution in [1.82, 2.24) is 14.5 Å². The molecule has 1 amide bonds. The number of imidazole rings is 1. The van der Waals surface area contributed by atoms with Crippen molar-refractivity contribution < 1.29 is 4.79 Å². The summed E-state index contributed by atoms with van der Waals surface area (Å²) < 4.78 is 2.15. The van der Waals surface area contributed by atoms with Gasteiger partial charge in [0.25, 0.3) is 0 Å². The van der Waals surface area contributed by atoms with E-state index in [1.165, 1.54) is 5.69 Å². The van der Waals surface area contributed by atoms with Crippen LogP contribution in [0.4, 0.5) is 5.69 Å². The van der Waals surface area contributed by atoms with Crippen LogP contribution in [0.25, 0.3) is 22.4 Å². The maximum atomic E-state index is 12.2. The lowest BCUT2D eigenvalue weighted by atomic mass is 10.1. The zero-order valence-corrected chi connectivity index (χ0v) is 16.2. The number of carbonyl (C=O) groups excluding carboxylic acids is 1. The zero-order valence-electron chi connectivity index (χ0n) is 16.2. The highest BCUT2D eigenvalue weighted by Crippen LogP contribution is 2.27. The Hall–Kier alpha value is -2.82. The minimum atomic E-state index is 0.0671. The molecule has 0 N–H and O–H groups in total. The number of carbonyl (C=O) groups is 1. The summed E-state index contributed by atoms with van der Waals surface area (Å²) in [5, 5.41) is 0. The van der Waals surface area contributed by atoms with Gasteiger partial charge in [0, 0.05) is 50.4 Å². The van der Waals surface area contributed by atoms with E-state index in [1.807, 2.05) is 36.9 Å². The number of para-hydroxylation sites is 2. The van der Waals surface area contributed by atoms with E-state index in [4.69, 9.17) is 4.98 Å². The van der Waals surface area contributed by atoms with E-state index in [0.29, 0.717) is 0 Å². The smallest absolute Gasteiger partial charge is 0.225 e. The molecule has 1 aliphatic rings. The number of hydrogen-bond donors (Lipinski definition) is 0. The van der Waals surface area contributed by atoms with Gasteiger partial charge in [0.15, 0.2) is 0 Å². The van der Waals surface area contributed by atoms with E-state index in [-0.39, 0.29) is 11.8 Å². The van der Waals surface area contributed by atoms with Crippen LogP contribution in [-0.2, 0) is 11.8 Å². The number of benzene rings is 2. The molecule has 0 atom stereocenters. The van der Waals surface area contributed by atoms with Crippen molar-refractivity contribution in [3.63, 3.8) is 0 Å². The molecule has 27 heavy (non-hydrogen) atoms. The molecular formula is C22H26N4O. The van der Waals surface area contributed by atoms with E-state index >= 15 is 0 Å². The fourth-order valence-electron chi connectivity index (χ4n) is 3.80. The average Bonchev–Trinajstić information content (AvgIpc) is 3.04. The van der Waals surface area contributed by atoms with Crippen LogP contribution in [0, 0.1) is 5.92 Å². The number of fused-ring (bicyclic) bond motifs is 1. The van der Waals surface area contributed by atoms with E-state index in [1.54, 1.807) is 0 Å². The summed E-state index contributed by atoms with van der Waals surface area (Å²) in [5.74, 6) is 1.30. The van der Waals surface area contributed by atoms with Crippen molar-refractivity contribution >= 4 is 22.6 Å². The van der Waals surface area contributed by atoms with E-state index in [0.717, 1.165) is 48.6 Å². The summed E-state index contributed by atoms with van der Waals surface area (Å²) in [7, 11) is 2.06. The fraction of sp³-hybridized carbons (Fsp3) is 0.364. The maximum absolute atomic E-state index is 12.2. The van der Waals surface area contributed by atoms with Crippen molar-refractivity contribution in [2.45, 2.75) is 13.8 Å². The zero-order chi connectivity index (χ0) is 19.0. The Morgan fingerprint density at radius 2 is 1.74 bits per heavy atom. The first-order valence-electron chi connectivity index (χ1n) is 9.60. The molecule has 1 saturated heterocycles. The van der Waals surface area contributed by atoms with Crippen molar-refractivity contribution in [1.29, 1.82) is 0 Å². The van der Waals surface area contributed by atoms with Gasteiger partial charge in [-0.05, 0) is 24.3 Å². The molecule has 2 aromatic carbocycles. The lowest BCUT2D eigenvalue weighted by Crippen LogP contribution is -2.49. The SMILES string of the molecule is CC(C)C(=O)N1CCN(c2cccc(-c3nc4ccccc4n3C)c2)CC1. The highest BCUT2D eigenvalue weighted by molar-refractivity contribution is 5.81. The van der Waals surface area contributed by atoms with Gasteiger partial charge in [-0.1, -0.05) is 38.1 Å². The summed E-state index contributed by atoms with van der Waals surface area (Å²) in [6, 6.07) is 16.8. The second-order valence-electron chi connectivity index (χ2n) is 7.50. The van der Waals surface area contributed by atoms with Crippen LogP contribution in [0.1, 0.15) is 13.8 Å². The van der Waals surface area contributed by atoms with Crippen LogP contribution in [0.3, 0.4) is 0 Å². The molecule has 140 valence electrons. The maximum Gasteiger partial charge on any atom is 0.225 e. The van der Waals surface area contributed by atoms with Crippen molar-refractivity contribution in [3.05, 3.63) is 48.5 Å². The molecule has 0 saturated carbocycles. The molecule has 2 heterocycles. The number of aromatic nitrogens is 2. The number of hydrogen-bond acceptors (Lipinski definition) is 3. The molecule has 0 bridgehead atoms. The lowest BCUT2D eigenvalue weighted by Gasteiger charge is -2.37. The number of amides is 1. The number of anilines is 1. The minimum absolute atomic E-state index is 0.0671. The standard InChI is InChI=1S/C22H26N4O/c1-16(2)22(27)26-13-11-25(12-14-26)18-8-6-7-17(15-18)21-23-19-9-4-5-10-20(19)24(21)3/h4-10,15-16H,11-14H2,1-3H3. The molecule has 1 fully saturated rings. The van der Waals surface area contributed by atoms with Gasteiger partial charge in [-0.15, -0.1) is 0 Å². The van der Waals surface area contributed by atoms with Crippen LogP contribution >= 0.6 is 0 Å². The third-order valence-corrected chi connectivity index (χ3v) is 5.34. The van der Waals surface area contributed by atoms with Crippen LogP contribution in [0.5, 0.6) is 0 Å². The molecule has 1 aromatic heterocycles. The van der Waals surface area contributed by atoms with Crippen LogP contribution in [-0.4, -0.2) is 46.5 Å². The van der Waals surface area contributed by atoms with Gasteiger partial charge in [-0.2, -0.15) is 0 Å². The van der Waals surface area contributed by atoms with Gasteiger partial charge in [0.2, 0.25) is 5.91 Å². The quantitative estimate of drug-likeness (QED) is 0.716. The van der Waals surface area contributed by atoms with Crippen LogP contribution in [0.15, 0.2) is 48.5 Å². The average molecular weight is 362 g/mol. The first-order valence-corrected chi connectivity index (χ1v) is 9.60. The van der Waals surface area contributed by atoms with E-state index in [2.05, 4.69) is 46.8 Å². The highest BCUT2D eigenvalue weighted by atomic mass is 16.2. The Kier molecular flexibility index (Phi) is 4.60. The Labute approximate surface area is 160 Å². The molecule has 0 spiro atoms. The van der Waals surface area contributed by atoms with E-state index in [9.17, 15) is 4.79 Å². The molecule has 4 rings (SSSR count). The molecule has 0 aliphatic carbocycles. The minimum Gasteiger partial charge on any atom is -0.368 e. The molecule has 3 aromatic rings. The number of nitrogens with zero attached hydrogens (tertiary/aromatic N) is 4. The third kappa shape index (κ3) is 3.29. The van der Waals surface area contributed by atoms with Crippen molar-refractivity contribution in [2.24, 2.45) is 13.0 Å². The van der Waals surface area contributed by atoms with Gasteiger partial charge >= 0.3 is 0 Å². The Bertz CT molecular complexity index is 967. The Morgan fingerprint density at radius 3 is 2.44 bits per heavy atom. The molecule has 5 heteroatoms. The summed E-state index contributed by atoms with van der Waals surface area (Å²) in [6.07, 6.45) is 0. The lowest BCUT2D eigenvalue weighted by molar-refractivity contribution is -0.134. The van der Waals surface area contributed by atoms with Crippen molar-refractivity contribution in [2.75, 3.05) is 31.1 Å². The number of rotatable bonds is 3. The monoisotopic (exact) mass is 362 g/mol. The second-order valence-corrected chi connectivity index (χ2v) is 7.50. The first-order chi connectivity index (χ1) is 13.0. The van der Waals surface area contributed by atoms with E-state index < -0.39 is 0 Å². The van der Waals surface area contributed by atoms with Gasteiger partial charge in [0.1, 0.15) is 5.82 Å². The summed E-state index contributed by atoms with van der Waals surface area (Å²) in [5.41, 5.74) is 4.46. The van der Waals surface area contributed by atoms with Crippen LogP contribution < -0.4 is 4.90 Å². The fourth-order valence-corrected chi connectivity index (χ4v) is 3.80. The predicted molar refractivity (Wildman–Crippen MR) is 110 cm³/mol. The third-order valence-electron chi connectivity index (χ3n) is 5.34. The topological polar surface area (TPSA) is 41.4 Å². The van der Waals surface area contributed by atoms with Gasteiger partial charge in [0.05, 0.1) is 11.0 Å². The largest absolute Gasteiger partial charge is 0.368 e. The molecular weight excluding hydrogens is 336 g/mol. The van der Waals surface area contributed by atoms with Crippen molar-refractivity contribution in [3.8, 4) is 11.4 Å². The highest BCUT2D eigenvalue weighted by Gasteiger charge is 2.23. The second kappa shape index (κ2) is 7.06. The summed E-state index contributed by atoms with van der Waals surface area (Å²) in [4.78, 5) is 21.4. The molecule has 5 nitrogen and oxygen atoms in total. The van der Waals surface area contributed by atoms with Gasteiger partial charge in [-0.25, -0.2) is 4.98 Å². The summed E-state index contributed by atoms with van der Waals surface area (Å²) in [6.45, 7) is 7.24. The molecule has 0 unspecified atom stereocenters. The summed E-state index contributed by atoms with van der Waals surface area (Å²) >= 11 is 0. The molecule has 0 radical (unpaired) electrons. The first kappa shape index (κ1) is 17.6. The number of piperazine rings is 1. The predicted octanol–water partition coefficient (Wildman–Crippen LogP) is 3.54. The normalized spacial score (nSPS) is 15.0. The molecule has 1 aliphatic heterocycles. The van der Waals surface area contributed by atoms with Gasteiger partial charge < -0.3 is 14.4 Å². The van der Waals surface area contributed by atoms with Gasteiger partial charge in [-0.3, -0.25) is 4.79 Å². The Morgan fingerprint density at radius 1 is 1.00 bits per heavy atom.